The lowest BCUT2D eigenvalue weighted by molar-refractivity contribution is -0.113. The van der Waals surface area contributed by atoms with Gasteiger partial charge in [0.25, 0.3) is 5.56 Å². The Kier molecular flexibility index (Phi) is 7.04. The molecule has 0 atom stereocenters. The van der Waals surface area contributed by atoms with Crippen molar-refractivity contribution in [2.75, 3.05) is 25.3 Å². The summed E-state index contributed by atoms with van der Waals surface area (Å²) < 4.78 is 25.5. The van der Waals surface area contributed by atoms with Crippen molar-refractivity contribution >= 4 is 45.9 Å². The lowest BCUT2D eigenvalue weighted by atomic mass is 10.2. The van der Waals surface area contributed by atoms with Crippen LogP contribution in [0.3, 0.4) is 0 Å². The number of carbonyl (C=O) groups is 1. The van der Waals surface area contributed by atoms with Crippen LogP contribution >= 0.6 is 23.4 Å². The molecule has 1 heterocycles. The molecule has 0 unspecified atom stereocenters. The summed E-state index contributed by atoms with van der Waals surface area (Å²) in [7, 11) is 3.02. The first-order chi connectivity index (χ1) is 16.4. The van der Waals surface area contributed by atoms with Gasteiger partial charge in [-0.1, -0.05) is 35.5 Å². The fourth-order valence-electron chi connectivity index (χ4n) is 3.29. The second-order valence-electron chi connectivity index (χ2n) is 7.05. The highest BCUT2D eigenvalue weighted by Gasteiger charge is 2.17. The molecule has 4 rings (SSSR count). The van der Waals surface area contributed by atoms with E-state index in [4.69, 9.17) is 21.1 Å². The van der Waals surface area contributed by atoms with Crippen molar-refractivity contribution in [1.82, 2.24) is 9.55 Å². The molecule has 34 heavy (non-hydrogen) atoms. The van der Waals surface area contributed by atoms with Crippen LogP contribution in [0.5, 0.6) is 11.5 Å². The summed E-state index contributed by atoms with van der Waals surface area (Å²) in [4.78, 5) is 30.6. The van der Waals surface area contributed by atoms with Gasteiger partial charge in [-0.3, -0.25) is 14.2 Å². The topological polar surface area (TPSA) is 82.5 Å². The first-order valence-corrected chi connectivity index (χ1v) is 11.4. The summed E-state index contributed by atoms with van der Waals surface area (Å²) in [6, 6.07) is 15.9. The number of halogens is 2. The third-order valence-corrected chi connectivity index (χ3v) is 6.15. The van der Waals surface area contributed by atoms with E-state index in [-0.39, 0.29) is 27.4 Å². The number of ether oxygens (including phenoxy) is 2. The van der Waals surface area contributed by atoms with Crippen molar-refractivity contribution in [3.63, 3.8) is 0 Å². The zero-order chi connectivity index (χ0) is 24.2. The van der Waals surface area contributed by atoms with Crippen LogP contribution in [-0.4, -0.2) is 35.4 Å². The first-order valence-electron chi connectivity index (χ1n) is 10.0. The number of thioether (sulfide) groups is 1. The highest BCUT2D eigenvalue weighted by Crippen LogP contribution is 2.30. The smallest absolute Gasteiger partial charge is 0.266 e. The molecule has 10 heteroatoms. The molecule has 0 bridgehead atoms. The number of fused-ring (bicyclic) bond motifs is 1. The maximum atomic E-state index is 13.7. The van der Waals surface area contributed by atoms with Gasteiger partial charge in [-0.15, -0.1) is 0 Å². The van der Waals surface area contributed by atoms with Gasteiger partial charge in [-0.05, 0) is 42.5 Å². The maximum absolute atomic E-state index is 13.7. The molecule has 0 aliphatic carbocycles. The van der Waals surface area contributed by atoms with Gasteiger partial charge >= 0.3 is 0 Å². The maximum Gasteiger partial charge on any atom is 0.266 e. The Morgan fingerprint density at radius 3 is 2.65 bits per heavy atom. The lowest BCUT2D eigenvalue weighted by Crippen LogP contribution is -2.23. The van der Waals surface area contributed by atoms with Gasteiger partial charge in [0.1, 0.15) is 17.3 Å². The molecule has 1 aromatic heterocycles. The molecule has 0 radical (unpaired) electrons. The minimum atomic E-state index is -0.604. The molecule has 0 aliphatic heterocycles. The molecular weight excluding hydrogens is 481 g/mol. The Bertz CT molecular complexity index is 1440. The number of hydrogen-bond donors (Lipinski definition) is 1. The minimum absolute atomic E-state index is 0.0555. The number of nitrogens with one attached hydrogen (secondary N) is 1. The van der Waals surface area contributed by atoms with E-state index in [0.29, 0.717) is 33.8 Å². The van der Waals surface area contributed by atoms with Gasteiger partial charge in [0.05, 0.1) is 47.3 Å². The highest BCUT2D eigenvalue weighted by atomic mass is 35.5. The van der Waals surface area contributed by atoms with Crippen molar-refractivity contribution in [3.8, 4) is 17.2 Å². The van der Waals surface area contributed by atoms with Crippen molar-refractivity contribution in [3.05, 3.63) is 81.9 Å². The highest BCUT2D eigenvalue weighted by molar-refractivity contribution is 7.99. The molecule has 7 nitrogen and oxygen atoms in total. The number of hydrogen-bond acceptors (Lipinski definition) is 6. The van der Waals surface area contributed by atoms with Crippen LogP contribution in [-0.2, 0) is 4.79 Å². The fraction of sp³-hybridized carbons (Fsp3) is 0.125. The number of benzene rings is 3. The van der Waals surface area contributed by atoms with Gasteiger partial charge in [0.15, 0.2) is 5.16 Å². The van der Waals surface area contributed by atoms with Crippen LogP contribution in [0.4, 0.5) is 10.1 Å². The summed E-state index contributed by atoms with van der Waals surface area (Å²) in [5, 5.41) is 3.31. The Hall–Kier alpha value is -3.56. The largest absolute Gasteiger partial charge is 0.497 e. The number of carbonyl (C=O) groups excluding carboxylic acids is 1. The van der Waals surface area contributed by atoms with Gasteiger partial charge < -0.3 is 14.8 Å². The lowest BCUT2D eigenvalue weighted by Gasteiger charge is -2.14. The third-order valence-electron chi connectivity index (χ3n) is 4.92. The van der Waals surface area contributed by atoms with Crippen molar-refractivity contribution in [2.24, 2.45) is 0 Å². The van der Waals surface area contributed by atoms with Crippen LogP contribution in [0.25, 0.3) is 16.6 Å². The second-order valence-corrected chi connectivity index (χ2v) is 8.40. The number of rotatable bonds is 7. The van der Waals surface area contributed by atoms with Crippen molar-refractivity contribution in [1.29, 1.82) is 0 Å². The predicted octanol–water partition coefficient (Wildman–Crippen LogP) is 4.93. The average Bonchev–Trinajstić information content (AvgIpc) is 2.84. The number of anilines is 1. The molecule has 1 N–H and O–H groups in total. The third kappa shape index (κ3) is 4.85. The quantitative estimate of drug-likeness (QED) is 0.287. The Morgan fingerprint density at radius 2 is 1.91 bits per heavy atom. The van der Waals surface area contributed by atoms with Crippen LogP contribution in [0.1, 0.15) is 0 Å². The van der Waals surface area contributed by atoms with E-state index in [0.717, 1.165) is 11.8 Å². The van der Waals surface area contributed by atoms with Crippen LogP contribution in [0.2, 0.25) is 5.02 Å². The van der Waals surface area contributed by atoms with Gasteiger partial charge in [-0.2, -0.15) is 0 Å². The summed E-state index contributed by atoms with van der Waals surface area (Å²) in [6.07, 6.45) is 0. The Labute approximate surface area is 203 Å². The molecule has 0 fully saturated rings. The molecule has 4 aromatic rings. The average molecular weight is 500 g/mol. The molecule has 3 aromatic carbocycles. The first kappa shape index (κ1) is 23.6. The van der Waals surface area contributed by atoms with E-state index < -0.39 is 5.82 Å². The van der Waals surface area contributed by atoms with Crippen molar-refractivity contribution < 1.29 is 18.7 Å². The predicted molar refractivity (Wildman–Crippen MR) is 131 cm³/mol. The zero-order valence-electron chi connectivity index (χ0n) is 18.2. The number of nitrogens with zero attached hydrogens (tertiary/aromatic N) is 2. The van der Waals surface area contributed by atoms with Crippen molar-refractivity contribution in [2.45, 2.75) is 5.16 Å². The molecule has 174 valence electrons. The zero-order valence-corrected chi connectivity index (χ0v) is 19.7. The SMILES string of the molecule is COc1ccc(OC)c(NC(=O)CSc2nc3ccccc3c(=O)n2-c2ccc(F)c(Cl)c2)c1. The molecule has 0 aliphatic rings. The standard InChI is InChI=1S/C24H19ClFN3O4S/c1-32-15-8-10-21(33-2)20(12-15)27-22(30)13-34-24-28-19-6-4-3-5-16(19)23(31)29(24)14-7-9-18(26)17(25)11-14/h3-12H,13H2,1-2H3,(H,27,30). The molecule has 0 saturated carbocycles. The molecule has 0 saturated heterocycles. The van der Waals surface area contributed by atoms with Gasteiger partial charge in [-0.25, -0.2) is 9.37 Å². The van der Waals surface area contributed by atoms with Crippen LogP contribution < -0.4 is 20.3 Å². The number of para-hydroxylation sites is 1. The fourth-order valence-corrected chi connectivity index (χ4v) is 4.28. The molecular formula is C24H19ClFN3O4S. The van der Waals surface area contributed by atoms with E-state index >= 15 is 0 Å². The number of amides is 1. The van der Waals surface area contributed by atoms with E-state index in [1.165, 1.54) is 37.0 Å². The van der Waals surface area contributed by atoms with E-state index in [2.05, 4.69) is 10.3 Å². The van der Waals surface area contributed by atoms with E-state index in [1.54, 1.807) is 42.5 Å². The second kappa shape index (κ2) is 10.1. The van der Waals surface area contributed by atoms with Crippen LogP contribution in [0, 0.1) is 5.82 Å². The summed E-state index contributed by atoms with van der Waals surface area (Å²) in [5.74, 6) is 0.0265. The van der Waals surface area contributed by atoms with E-state index in [1.807, 2.05) is 0 Å². The summed E-state index contributed by atoms with van der Waals surface area (Å²) >= 11 is 7.02. The normalized spacial score (nSPS) is 10.8. The summed E-state index contributed by atoms with van der Waals surface area (Å²) in [5.41, 5.74) is 0.911. The number of methoxy groups -OCH3 is 2. The monoisotopic (exact) mass is 499 g/mol. The Morgan fingerprint density at radius 1 is 1.12 bits per heavy atom. The molecule has 0 spiro atoms. The van der Waals surface area contributed by atoms with Gasteiger partial charge in [0, 0.05) is 6.07 Å². The van der Waals surface area contributed by atoms with Crippen LogP contribution in [0.15, 0.2) is 70.6 Å². The van der Waals surface area contributed by atoms with Gasteiger partial charge in [0.2, 0.25) is 5.91 Å². The molecule has 1 amide bonds. The Balaban J connectivity index is 1.67. The minimum Gasteiger partial charge on any atom is -0.497 e. The summed E-state index contributed by atoms with van der Waals surface area (Å²) in [6.45, 7) is 0. The number of aromatic nitrogens is 2. The van der Waals surface area contributed by atoms with E-state index in [9.17, 15) is 14.0 Å².